The van der Waals surface area contributed by atoms with Gasteiger partial charge in [-0.15, -0.1) is 0 Å². The number of fused-ring (bicyclic) bond motifs is 1. The Bertz CT molecular complexity index is 404. The lowest BCUT2D eigenvalue weighted by Gasteiger charge is -2.15. The van der Waals surface area contributed by atoms with Gasteiger partial charge in [0.15, 0.2) is 0 Å². The molecular weight excluding hydrogens is 244 g/mol. The topological polar surface area (TPSA) is 80.7 Å². The zero-order valence-electron chi connectivity index (χ0n) is 10.00. The van der Waals surface area contributed by atoms with Crippen LogP contribution in [0.4, 0.5) is 0 Å². The molecule has 2 rings (SSSR count). The number of esters is 1. The third kappa shape index (κ3) is 2.63. The molecule has 0 aromatic rings. The Hall–Kier alpha value is -0.620. The van der Waals surface area contributed by atoms with Crippen LogP contribution in [0.1, 0.15) is 19.8 Å². The van der Waals surface area contributed by atoms with Crippen molar-refractivity contribution in [2.24, 2.45) is 29.6 Å². The van der Waals surface area contributed by atoms with Crippen LogP contribution in [-0.2, 0) is 19.6 Å². The molecule has 5 nitrogen and oxygen atoms in total. The van der Waals surface area contributed by atoms with Gasteiger partial charge in [-0.05, 0) is 36.5 Å². The first kappa shape index (κ1) is 12.8. The number of hydrogen-bond acceptors (Lipinski definition) is 4. The molecule has 0 aliphatic heterocycles. The molecule has 2 saturated carbocycles. The summed E-state index contributed by atoms with van der Waals surface area (Å²) in [5, 5.41) is 0. The molecular formula is C11H18O5S. The molecule has 6 heteroatoms. The van der Waals surface area contributed by atoms with Gasteiger partial charge >= 0.3 is 5.97 Å². The third-order valence-corrected chi connectivity index (χ3v) is 5.10. The molecule has 0 amide bonds. The number of carbonyl (C=O) groups is 1. The van der Waals surface area contributed by atoms with Crippen LogP contribution < -0.4 is 0 Å². The summed E-state index contributed by atoms with van der Waals surface area (Å²) in [6.45, 7) is 1.87. The summed E-state index contributed by atoms with van der Waals surface area (Å²) in [5.41, 5.74) is 0. The van der Waals surface area contributed by atoms with E-state index in [0.29, 0.717) is 17.8 Å². The molecule has 5 atom stereocenters. The first-order valence-electron chi connectivity index (χ1n) is 5.86. The largest absolute Gasteiger partial charge is 0.469 e. The minimum atomic E-state index is -3.86. The average molecular weight is 262 g/mol. The molecule has 0 spiro atoms. The SMILES string of the molecule is COC(=O)C(C)C1[C@H]2CC(CS(=O)(=O)O)C[C@@H]12. The number of ether oxygens (including phenoxy) is 1. The van der Waals surface area contributed by atoms with Crippen LogP contribution in [-0.4, -0.2) is 31.8 Å². The van der Waals surface area contributed by atoms with Crippen molar-refractivity contribution in [2.45, 2.75) is 19.8 Å². The number of carbonyl (C=O) groups excluding carboxylic acids is 1. The predicted molar refractivity (Wildman–Crippen MR) is 60.8 cm³/mol. The zero-order valence-corrected chi connectivity index (χ0v) is 10.8. The van der Waals surface area contributed by atoms with E-state index in [0.717, 1.165) is 12.8 Å². The molecule has 0 aromatic carbocycles. The fraction of sp³-hybridized carbons (Fsp3) is 0.909. The minimum Gasteiger partial charge on any atom is -0.469 e. The van der Waals surface area contributed by atoms with E-state index in [9.17, 15) is 13.2 Å². The minimum absolute atomic E-state index is 0.0566. The van der Waals surface area contributed by atoms with Gasteiger partial charge in [-0.25, -0.2) is 0 Å². The summed E-state index contributed by atoms with van der Waals surface area (Å²) in [6.07, 6.45) is 1.60. The van der Waals surface area contributed by atoms with Gasteiger partial charge in [-0.3, -0.25) is 9.35 Å². The van der Waals surface area contributed by atoms with Gasteiger partial charge in [0.25, 0.3) is 10.1 Å². The second-order valence-electron chi connectivity index (χ2n) is 5.30. The highest BCUT2D eigenvalue weighted by Gasteiger charge is 2.59. The van der Waals surface area contributed by atoms with Crippen LogP contribution in [0.5, 0.6) is 0 Å². The van der Waals surface area contributed by atoms with E-state index in [2.05, 4.69) is 0 Å². The van der Waals surface area contributed by atoms with Crippen molar-refractivity contribution in [3.63, 3.8) is 0 Å². The van der Waals surface area contributed by atoms with E-state index in [4.69, 9.17) is 9.29 Å². The Morgan fingerprint density at radius 2 is 1.94 bits per heavy atom. The Labute approximate surface area is 101 Å². The average Bonchev–Trinajstić information content (AvgIpc) is 2.71. The number of hydrogen-bond donors (Lipinski definition) is 1. The third-order valence-electron chi connectivity index (χ3n) is 4.21. The van der Waals surface area contributed by atoms with Crippen molar-refractivity contribution < 1.29 is 22.5 Å². The van der Waals surface area contributed by atoms with Crippen molar-refractivity contribution >= 4 is 16.1 Å². The smallest absolute Gasteiger partial charge is 0.308 e. The van der Waals surface area contributed by atoms with Crippen molar-refractivity contribution in [3.8, 4) is 0 Å². The Morgan fingerprint density at radius 3 is 2.35 bits per heavy atom. The van der Waals surface area contributed by atoms with Crippen LogP contribution in [0.3, 0.4) is 0 Å². The lowest BCUT2D eigenvalue weighted by molar-refractivity contribution is -0.145. The summed E-state index contributed by atoms with van der Waals surface area (Å²) < 4.78 is 35.0. The molecule has 1 N–H and O–H groups in total. The maximum absolute atomic E-state index is 11.4. The van der Waals surface area contributed by atoms with Gasteiger partial charge in [0.05, 0.1) is 18.8 Å². The first-order chi connectivity index (χ1) is 7.83. The van der Waals surface area contributed by atoms with E-state index in [1.165, 1.54) is 7.11 Å². The van der Waals surface area contributed by atoms with Crippen molar-refractivity contribution in [2.75, 3.05) is 12.9 Å². The highest BCUT2D eigenvalue weighted by atomic mass is 32.2. The van der Waals surface area contributed by atoms with E-state index < -0.39 is 10.1 Å². The summed E-state index contributed by atoms with van der Waals surface area (Å²) in [4.78, 5) is 11.4. The lowest BCUT2D eigenvalue weighted by atomic mass is 9.94. The molecule has 98 valence electrons. The maximum atomic E-state index is 11.4. The maximum Gasteiger partial charge on any atom is 0.308 e. The lowest BCUT2D eigenvalue weighted by Crippen LogP contribution is -2.20. The van der Waals surface area contributed by atoms with E-state index in [1.54, 1.807) is 0 Å². The van der Waals surface area contributed by atoms with Crippen molar-refractivity contribution in [3.05, 3.63) is 0 Å². The van der Waals surface area contributed by atoms with Crippen LogP contribution >= 0.6 is 0 Å². The van der Waals surface area contributed by atoms with Gasteiger partial charge in [0.2, 0.25) is 0 Å². The molecule has 0 saturated heterocycles. The molecule has 2 aliphatic rings. The highest BCUT2D eigenvalue weighted by molar-refractivity contribution is 7.85. The Kier molecular flexibility index (Phi) is 3.20. The normalized spacial score (nSPS) is 37.4. The highest BCUT2D eigenvalue weighted by Crippen LogP contribution is 2.62. The van der Waals surface area contributed by atoms with E-state index >= 15 is 0 Å². The molecule has 0 radical (unpaired) electrons. The Balaban J connectivity index is 1.85. The molecule has 0 aromatic heterocycles. The molecule has 3 unspecified atom stereocenters. The second-order valence-corrected chi connectivity index (χ2v) is 6.80. The van der Waals surface area contributed by atoms with E-state index in [-0.39, 0.29) is 23.6 Å². The number of methoxy groups -OCH3 is 1. The monoisotopic (exact) mass is 262 g/mol. The standard InChI is InChI=1S/C11H18O5S/c1-6(11(12)16-2)10-8-3-7(4-9(8)10)5-17(13,14)15/h6-10H,3-5H2,1-2H3,(H,13,14,15)/t6?,7?,8-,9+,10?. The van der Waals surface area contributed by atoms with Crippen molar-refractivity contribution in [1.29, 1.82) is 0 Å². The van der Waals surface area contributed by atoms with Crippen LogP contribution in [0.15, 0.2) is 0 Å². The molecule has 17 heavy (non-hydrogen) atoms. The van der Waals surface area contributed by atoms with Crippen LogP contribution in [0.25, 0.3) is 0 Å². The molecule has 0 heterocycles. The van der Waals surface area contributed by atoms with Gasteiger partial charge in [-0.2, -0.15) is 8.42 Å². The van der Waals surface area contributed by atoms with Crippen molar-refractivity contribution in [1.82, 2.24) is 0 Å². The summed E-state index contributed by atoms with van der Waals surface area (Å²) in [5.74, 6) is 0.865. The number of rotatable bonds is 4. The molecule has 0 bridgehead atoms. The zero-order chi connectivity index (χ0) is 12.8. The van der Waals surface area contributed by atoms with Gasteiger partial charge in [0, 0.05) is 0 Å². The van der Waals surface area contributed by atoms with Crippen LogP contribution in [0.2, 0.25) is 0 Å². The van der Waals surface area contributed by atoms with Gasteiger partial charge in [-0.1, -0.05) is 6.92 Å². The van der Waals surface area contributed by atoms with Gasteiger partial charge in [0.1, 0.15) is 0 Å². The Morgan fingerprint density at radius 1 is 1.41 bits per heavy atom. The van der Waals surface area contributed by atoms with Gasteiger partial charge < -0.3 is 4.74 Å². The van der Waals surface area contributed by atoms with E-state index in [1.807, 2.05) is 6.92 Å². The first-order valence-corrected chi connectivity index (χ1v) is 7.47. The second kappa shape index (κ2) is 4.24. The summed E-state index contributed by atoms with van der Waals surface area (Å²) in [7, 11) is -2.47. The quantitative estimate of drug-likeness (QED) is 0.603. The van der Waals surface area contributed by atoms with Crippen LogP contribution in [0, 0.1) is 29.6 Å². The molecule has 2 aliphatic carbocycles. The fourth-order valence-corrected chi connectivity index (χ4v) is 4.39. The molecule has 2 fully saturated rings. The predicted octanol–water partition coefficient (Wildman–Crippen LogP) is 0.956. The summed E-state index contributed by atoms with van der Waals surface area (Å²) in [6, 6.07) is 0. The summed E-state index contributed by atoms with van der Waals surface area (Å²) >= 11 is 0. The fourth-order valence-electron chi connectivity index (χ4n) is 3.52.